The van der Waals surface area contributed by atoms with Crippen molar-refractivity contribution in [3.8, 4) is 10.9 Å². The van der Waals surface area contributed by atoms with Gasteiger partial charge in [0.1, 0.15) is 11.6 Å². The molecule has 2 N–H and O–H groups in total. The number of hydrogen-bond acceptors (Lipinski definition) is 5. The van der Waals surface area contributed by atoms with E-state index < -0.39 is 11.6 Å². The number of benzene rings is 1. The van der Waals surface area contributed by atoms with Crippen LogP contribution in [0.1, 0.15) is 24.6 Å². The Morgan fingerprint density at radius 3 is 2.78 bits per heavy atom. The van der Waals surface area contributed by atoms with Crippen LogP contribution < -0.4 is 10.5 Å². The highest BCUT2D eigenvalue weighted by molar-refractivity contribution is 7.07. The van der Waals surface area contributed by atoms with E-state index in [1.807, 2.05) is 0 Å². The molecule has 1 saturated carbocycles. The fraction of sp³-hybridized carbons (Fsp3) is 0.273. The van der Waals surface area contributed by atoms with Crippen LogP contribution in [0.15, 0.2) is 12.1 Å². The Kier molecular flexibility index (Phi) is 2.62. The highest BCUT2D eigenvalue weighted by Crippen LogP contribution is 2.40. The normalized spacial score (nSPS) is 14.8. The van der Waals surface area contributed by atoms with E-state index >= 15 is 0 Å². The molecule has 94 valence electrons. The first-order valence-electron chi connectivity index (χ1n) is 5.39. The molecule has 1 fully saturated rings. The molecule has 0 saturated heterocycles. The number of anilines is 1. The molecule has 0 atom stereocenters. The summed E-state index contributed by atoms with van der Waals surface area (Å²) >= 11 is 1.03. The van der Waals surface area contributed by atoms with Crippen molar-refractivity contribution < 1.29 is 13.5 Å². The highest BCUT2D eigenvalue weighted by atomic mass is 32.1. The molecule has 0 radical (unpaired) electrons. The van der Waals surface area contributed by atoms with Crippen LogP contribution in [0.2, 0.25) is 0 Å². The van der Waals surface area contributed by atoms with Gasteiger partial charge in [-0.25, -0.2) is 8.78 Å². The van der Waals surface area contributed by atoms with E-state index in [9.17, 15) is 8.78 Å². The lowest BCUT2D eigenvalue weighted by atomic mass is 10.3. The van der Waals surface area contributed by atoms with E-state index in [1.165, 1.54) is 0 Å². The van der Waals surface area contributed by atoms with Crippen molar-refractivity contribution in [2.24, 2.45) is 0 Å². The smallest absolute Gasteiger partial charge is 0.298 e. The Labute approximate surface area is 106 Å². The molecule has 18 heavy (non-hydrogen) atoms. The standard InChI is InChI=1S/C11H9F2N3OS/c12-6-4-9(7(13)3-8(6)14)17-11-15-10(16-18-11)5-1-2-5/h3-5H,1-2,14H2. The number of halogens is 2. The number of ether oxygens (including phenoxy) is 1. The lowest BCUT2D eigenvalue weighted by Crippen LogP contribution is -1.95. The molecule has 1 aliphatic rings. The molecule has 2 aromatic rings. The van der Waals surface area contributed by atoms with Crippen LogP contribution in [0.5, 0.6) is 10.9 Å². The van der Waals surface area contributed by atoms with Gasteiger partial charge in [-0.1, -0.05) is 0 Å². The SMILES string of the molecule is Nc1cc(F)c(Oc2nc(C3CC3)ns2)cc1F. The summed E-state index contributed by atoms with van der Waals surface area (Å²) in [5.74, 6) is -0.575. The van der Waals surface area contributed by atoms with Crippen LogP contribution in [0.25, 0.3) is 0 Å². The van der Waals surface area contributed by atoms with Crippen molar-refractivity contribution in [1.82, 2.24) is 9.36 Å². The third-order valence-corrected chi connectivity index (χ3v) is 3.22. The van der Waals surface area contributed by atoms with Gasteiger partial charge < -0.3 is 10.5 Å². The third kappa shape index (κ3) is 2.13. The molecule has 0 bridgehead atoms. The van der Waals surface area contributed by atoms with E-state index in [0.717, 1.165) is 36.5 Å². The third-order valence-electron chi connectivity index (χ3n) is 2.61. The van der Waals surface area contributed by atoms with Crippen LogP contribution in [-0.2, 0) is 0 Å². The number of nitrogens with two attached hydrogens (primary N) is 1. The molecule has 0 amide bonds. The Bertz CT molecular complexity index is 598. The van der Waals surface area contributed by atoms with Crippen molar-refractivity contribution in [2.75, 3.05) is 5.73 Å². The molecule has 1 aliphatic carbocycles. The van der Waals surface area contributed by atoms with Gasteiger partial charge in [-0.3, -0.25) is 0 Å². The summed E-state index contributed by atoms with van der Waals surface area (Å²) in [6.45, 7) is 0. The van der Waals surface area contributed by atoms with Gasteiger partial charge in [0.25, 0.3) is 5.19 Å². The fourth-order valence-corrected chi connectivity index (χ4v) is 2.11. The minimum atomic E-state index is -0.725. The van der Waals surface area contributed by atoms with E-state index in [-0.39, 0.29) is 16.6 Å². The van der Waals surface area contributed by atoms with Gasteiger partial charge in [0.15, 0.2) is 11.6 Å². The summed E-state index contributed by atoms with van der Waals surface area (Å²) in [4.78, 5) is 4.13. The van der Waals surface area contributed by atoms with Crippen molar-refractivity contribution in [1.29, 1.82) is 0 Å². The number of nitrogens with zero attached hydrogens (tertiary/aromatic N) is 2. The predicted octanol–water partition coefficient (Wildman–Crippen LogP) is 3.07. The largest absolute Gasteiger partial charge is 0.427 e. The second kappa shape index (κ2) is 4.16. The Morgan fingerprint density at radius 2 is 2.06 bits per heavy atom. The molecular weight excluding hydrogens is 260 g/mol. The van der Waals surface area contributed by atoms with Gasteiger partial charge in [-0.05, 0) is 12.8 Å². The summed E-state index contributed by atoms with van der Waals surface area (Å²) in [5.41, 5.74) is 4.99. The monoisotopic (exact) mass is 269 g/mol. The Hall–Kier alpha value is -1.76. The predicted molar refractivity (Wildman–Crippen MR) is 62.7 cm³/mol. The maximum Gasteiger partial charge on any atom is 0.298 e. The number of aromatic nitrogens is 2. The zero-order valence-electron chi connectivity index (χ0n) is 9.19. The summed E-state index contributed by atoms with van der Waals surface area (Å²) in [6.07, 6.45) is 2.14. The Morgan fingerprint density at radius 1 is 1.28 bits per heavy atom. The molecule has 0 spiro atoms. The van der Waals surface area contributed by atoms with Crippen LogP contribution >= 0.6 is 11.5 Å². The van der Waals surface area contributed by atoms with Crippen LogP contribution in [0.4, 0.5) is 14.5 Å². The first-order chi connectivity index (χ1) is 8.63. The van der Waals surface area contributed by atoms with Gasteiger partial charge in [0.05, 0.1) is 5.69 Å². The average molecular weight is 269 g/mol. The zero-order valence-corrected chi connectivity index (χ0v) is 10.0. The maximum absolute atomic E-state index is 13.5. The highest BCUT2D eigenvalue weighted by Gasteiger charge is 2.28. The van der Waals surface area contributed by atoms with Crippen molar-refractivity contribution in [3.63, 3.8) is 0 Å². The van der Waals surface area contributed by atoms with Gasteiger partial charge in [0, 0.05) is 29.6 Å². The summed E-state index contributed by atoms with van der Waals surface area (Å²) in [7, 11) is 0. The molecule has 3 rings (SSSR count). The average Bonchev–Trinajstić information content (AvgIpc) is 3.07. The van der Waals surface area contributed by atoms with Gasteiger partial charge in [-0.15, -0.1) is 0 Å². The van der Waals surface area contributed by atoms with Crippen molar-refractivity contribution >= 4 is 17.2 Å². The molecule has 1 aromatic heterocycles. The molecule has 7 heteroatoms. The topological polar surface area (TPSA) is 61.0 Å². The summed E-state index contributed by atoms with van der Waals surface area (Å²) in [5, 5.41) is 0.208. The van der Waals surface area contributed by atoms with Crippen molar-refractivity contribution in [3.05, 3.63) is 29.6 Å². The molecule has 1 heterocycles. The van der Waals surface area contributed by atoms with E-state index in [1.54, 1.807) is 0 Å². The minimum Gasteiger partial charge on any atom is -0.427 e. The van der Waals surface area contributed by atoms with Gasteiger partial charge in [0.2, 0.25) is 0 Å². The van der Waals surface area contributed by atoms with Crippen LogP contribution in [0, 0.1) is 11.6 Å². The van der Waals surface area contributed by atoms with Gasteiger partial charge >= 0.3 is 0 Å². The quantitative estimate of drug-likeness (QED) is 0.870. The summed E-state index contributed by atoms with van der Waals surface area (Å²) in [6, 6.07) is 1.79. The number of hydrogen-bond donors (Lipinski definition) is 1. The molecule has 0 aliphatic heterocycles. The van der Waals surface area contributed by atoms with E-state index in [0.29, 0.717) is 11.7 Å². The lowest BCUT2D eigenvalue weighted by Gasteiger charge is -2.04. The first kappa shape index (κ1) is 11.3. The maximum atomic E-state index is 13.5. The van der Waals surface area contributed by atoms with E-state index in [2.05, 4.69) is 9.36 Å². The minimum absolute atomic E-state index is 0.208. The molecule has 1 aromatic carbocycles. The lowest BCUT2D eigenvalue weighted by molar-refractivity contribution is 0.433. The van der Waals surface area contributed by atoms with Crippen LogP contribution in [-0.4, -0.2) is 9.36 Å². The van der Waals surface area contributed by atoms with Gasteiger partial charge in [-0.2, -0.15) is 9.36 Å². The first-order valence-corrected chi connectivity index (χ1v) is 6.17. The fourth-order valence-electron chi connectivity index (χ4n) is 1.49. The van der Waals surface area contributed by atoms with E-state index in [4.69, 9.17) is 10.5 Å². The Balaban J connectivity index is 1.84. The summed E-state index contributed by atoms with van der Waals surface area (Å²) < 4.78 is 36.0. The molecule has 4 nitrogen and oxygen atoms in total. The second-order valence-electron chi connectivity index (χ2n) is 4.10. The van der Waals surface area contributed by atoms with Crippen LogP contribution in [0.3, 0.4) is 0 Å². The second-order valence-corrected chi connectivity index (χ2v) is 4.81. The molecular formula is C11H9F2N3OS. The molecule has 0 unspecified atom stereocenters. The zero-order chi connectivity index (χ0) is 12.7. The number of nitrogen functional groups attached to an aromatic ring is 1. The number of rotatable bonds is 3. The van der Waals surface area contributed by atoms with Crippen molar-refractivity contribution in [2.45, 2.75) is 18.8 Å².